The predicted octanol–water partition coefficient (Wildman–Crippen LogP) is 3.57. The number of nitrogens with two attached hydrogens (primary N) is 1. The predicted molar refractivity (Wildman–Crippen MR) is 81.4 cm³/mol. The number of benzene rings is 2. The van der Waals surface area contributed by atoms with E-state index < -0.39 is 0 Å². The van der Waals surface area contributed by atoms with Crippen molar-refractivity contribution in [2.45, 2.75) is 6.92 Å². The van der Waals surface area contributed by atoms with Gasteiger partial charge in [-0.15, -0.1) is 0 Å². The molecule has 0 unspecified atom stereocenters. The van der Waals surface area contributed by atoms with Gasteiger partial charge in [0.25, 0.3) is 5.91 Å². The molecule has 0 heterocycles. The lowest BCUT2D eigenvalue weighted by atomic mass is 10.2. The van der Waals surface area contributed by atoms with Gasteiger partial charge >= 0.3 is 0 Å². The van der Waals surface area contributed by atoms with E-state index >= 15 is 0 Å². The second-order valence-electron chi connectivity index (χ2n) is 4.12. The first kappa shape index (κ1) is 14.2. The molecule has 0 fully saturated rings. The van der Waals surface area contributed by atoms with Gasteiger partial charge in [0, 0.05) is 5.69 Å². The molecule has 1 amide bonds. The highest BCUT2D eigenvalue weighted by Gasteiger charge is 2.12. The summed E-state index contributed by atoms with van der Waals surface area (Å²) < 4.78 is 5.33. The highest BCUT2D eigenvalue weighted by Crippen LogP contribution is 2.24. The molecular formula is C15H15ClN2O2. The molecule has 0 saturated heterocycles. The van der Waals surface area contributed by atoms with Crippen LogP contribution < -0.4 is 15.8 Å². The smallest absolute Gasteiger partial charge is 0.257 e. The third-order valence-electron chi connectivity index (χ3n) is 2.70. The molecule has 0 atom stereocenters. The number of anilines is 2. The van der Waals surface area contributed by atoms with Crippen LogP contribution in [0.2, 0.25) is 5.02 Å². The van der Waals surface area contributed by atoms with Crippen LogP contribution in [0.15, 0.2) is 42.5 Å². The summed E-state index contributed by atoms with van der Waals surface area (Å²) in [5.41, 5.74) is 7.07. The van der Waals surface area contributed by atoms with Crippen molar-refractivity contribution < 1.29 is 9.53 Å². The Balaban J connectivity index is 2.13. The number of hydrogen-bond acceptors (Lipinski definition) is 3. The number of nitrogens with one attached hydrogen (secondary N) is 1. The van der Waals surface area contributed by atoms with Gasteiger partial charge in [-0.2, -0.15) is 0 Å². The van der Waals surface area contributed by atoms with Crippen molar-refractivity contribution in [3.8, 4) is 5.75 Å². The Morgan fingerprint density at radius 3 is 2.60 bits per heavy atom. The Morgan fingerprint density at radius 1 is 1.25 bits per heavy atom. The molecule has 0 radical (unpaired) electrons. The van der Waals surface area contributed by atoms with Crippen molar-refractivity contribution in [2.24, 2.45) is 0 Å². The van der Waals surface area contributed by atoms with Crippen LogP contribution in [0, 0.1) is 0 Å². The lowest BCUT2D eigenvalue weighted by molar-refractivity contribution is 0.102. The SMILES string of the molecule is CCOc1ccc(NC(=O)c2cccc(N)c2Cl)cc1. The van der Waals surface area contributed by atoms with Crippen molar-refractivity contribution in [2.75, 3.05) is 17.7 Å². The third-order valence-corrected chi connectivity index (χ3v) is 3.12. The minimum absolute atomic E-state index is 0.260. The molecule has 0 spiro atoms. The molecule has 2 aromatic carbocycles. The number of amides is 1. The van der Waals surface area contributed by atoms with Crippen LogP contribution in [-0.4, -0.2) is 12.5 Å². The zero-order valence-corrected chi connectivity index (χ0v) is 11.8. The normalized spacial score (nSPS) is 10.1. The molecule has 0 saturated carbocycles. The number of hydrogen-bond donors (Lipinski definition) is 2. The summed E-state index contributed by atoms with van der Waals surface area (Å²) in [5.74, 6) is 0.457. The van der Waals surface area contributed by atoms with Gasteiger partial charge in [0.15, 0.2) is 0 Å². The number of rotatable bonds is 4. The van der Waals surface area contributed by atoms with E-state index in [0.717, 1.165) is 5.75 Å². The zero-order valence-electron chi connectivity index (χ0n) is 11.0. The highest BCUT2D eigenvalue weighted by atomic mass is 35.5. The second kappa shape index (κ2) is 6.30. The first-order valence-electron chi connectivity index (χ1n) is 6.20. The van der Waals surface area contributed by atoms with E-state index in [0.29, 0.717) is 23.5 Å². The Morgan fingerprint density at radius 2 is 1.95 bits per heavy atom. The molecule has 20 heavy (non-hydrogen) atoms. The molecule has 2 rings (SSSR count). The fourth-order valence-electron chi connectivity index (χ4n) is 1.72. The summed E-state index contributed by atoms with van der Waals surface area (Å²) in [6.45, 7) is 2.52. The average molecular weight is 291 g/mol. The molecule has 2 aromatic rings. The van der Waals surface area contributed by atoms with Gasteiger partial charge in [-0.3, -0.25) is 4.79 Å². The van der Waals surface area contributed by atoms with Gasteiger partial charge in [0.05, 0.1) is 22.9 Å². The Bertz CT molecular complexity index is 612. The lowest BCUT2D eigenvalue weighted by Crippen LogP contribution is -2.13. The maximum absolute atomic E-state index is 12.1. The molecule has 0 aliphatic carbocycles. The largest absolute Gasteiger partial charge is 0.494 e. The molecule has 5 heteroatoms. The number of nitrogen functional groups attached to an aromatic ring is 1. The zero-order chi connectivity index (χ0) is 14.5. The molecular weight excluding hydrogens is 276 g/mol. The van der Waals surface area contributed by atoms with E-state index in [9.17, 15) is 4.79 Å². The molecule has 0 bridgehead atoms. The molecule has 0 aliphatic rings. The van der Waals surface area contributed by atoms with Gasteiger partial charge in [0.1, 0.15) is 5.75 Å². The summed E-state index contributed by atoms with van der Waals surface area (Å²) >= 11 is 6.01. The van der Waals surface area contributed by atoms with Crippen LogP contribution >= 0.6 is 11.6 Å². The van der Waals surface area contributed by atoms with Gasteiger partial charge in [-0.05, 0) is 43.3 Å². The van der Waals surface area contributed by atoms with E-state index in [1.54, 1.807) is 42.5 Å². The standard InChI is InChI=1S/C15H15ClN2O2/c1-2-20-11-8-6-10(7-9-11)18-15(19)12-4-3-5-13(17)14(12)16/h3-9H,2,17H2,1H3,(H,18,19). The van der Waals surface area contributed by atoms with Crippen LogP contribution in [0.3, 0.4) is 0 Å². The van der Waals surface area contributed by atoms with Crippen LogP contribution in [0.25, 0.3) is 0 Å². The van der Waals surface area contributed by atoms with E-state index in [1.165, 1.54) is 0 Å². The quantitative estimate of drug-likeness (QED) is 0.846. The van der Waals surface area contributed by atoms with Gasteiger partial charge < -0.3 is 15.8 Å². The monoisotopic (exact) mass is 290 g/mol. The molecule has 3 N–H and O–H groups in total. The molecule has 104 valence electrons. The number of carbonyl (C=O) groups is 1. The number of carbonyl (C=O) groups excluding carboxylic acids is 1. The maximum atomic E-state index is 12.1. The summed E-state index contributed by atoms with van der Waals surface area (Å²) in [6, 6.07) is 12.1. The number of halogens is 1. The van der Waals surface area contributed by atoms with Crippen LogP contribution in [0.1, 0.15) is 17.3 Å². The Hall–Kier alpha value is -2.20. The highest BCUT2D eigenvalue weighted by molar-refractivity contribution is 6.36. The van der Waals surface area contributed by atoms with E-state index in [1.807, 2.05) is 6.92 Å². The number of ether oxygens (including phenoxy) is 1. The van der Waals surface area contributed by atoms with Crippen LogP contribution in [-0.2, 0) is 0 Å². The Kier molecular flexibility index (Phi) is 4.48. The van der Waals surface area contributed by atoms with Gasteiger partial charge in [0.2, 0.25) is 0 Å². The topological polar surface area (TPSA) is 64.3 Å². The van der Waals surface area contributed by atoms with Gasteiger partial charge in [-0.1, -0.05) is 17.7 Å². The van der Waals surface area contributed by atoms with Crippen molar-refractivity contribution in [3.05, 3.63) is 53.1 Å². The first-order chi connectivity index (χ1) is 9.61. The van der Waals surface area contributed by atoms with Gasteiger partial charge in [-0.25, -0.2) is 0 Å². The molecule has 4 nitrogen and oxygen atoms in total. The van der Waals surface area contributed by atoms with E-state index in [-0.39, 0.29) is 10.9 Å². The lowest BCUT2D eigenvalue weighted by Gasteiger charge is -2.09. The summed E-state index contributed by atoms with van der Waals surface area (Å²) in [5, 5.41) is 3.02. The van der Waals surface area contributed by atoms with Crippen molar-refractivity contribution >= 4 is 28.9 Å². The van der Waals surface area contributed by atoms with E-state index in [4.69, 9.17) is 22.1 Å². The van der Waals surface area contributed by atoms with Crippen molar-refractivity contribution in [3.63, 3.8) is 0 Å². The minimum atomic E-state index is -0.300. The van der Waals surface area contributed by atoms with E-state index in [2.05, 4.69) is 5.32 Å². The molecule has 0 aliphatic heterocycles. The van der Waals surface area contributed by atoms with Crippen molar-refractivity contribution in [1.29, 1.82) is 0 Å². The van der Waals surface area contributed by atoms with Crippen LogP contribution in [0.5, 0.6) is 5.75 Å². The summed E-state index contributed by atoms with van der Waals surface area (Å²) in [7, 11) is 0. The van der Waals surface area contributed by atoms with Crippen LogP contribution in [0.4, 0.5) is 11.4 Å². The molecule has 0 aromatic heterocycles. The average Bonchev–Trinajstić information content (AvgIpc) is 2.44. The first-order valence-corrected chi connectivity index (χ1v) is 6.58. The summed E-state index contributed by atoms with van der Waals surface area (Å²) in [4.78, 5) is 12.1. The Labute approximate surface area is 122 Å². The third kappa shape index (κ3) is 3.22. The van der Waals surface area contributed by atoms with Crippen molar-refractivity contribution in [1.82, 2.24) is 0 Å². The fourth-order valence-corrected chi connectivity index (χ4v) is 1.94. The fraction of sp³-hybridized carbons (Fsp3) is 0.133. The second-order valence-corrected chi connectivity index (χ2v) is 4.50. The summed E-state index contributed by atoms with van der Waals surface area (Å²) in [6.07, 6.45) is 0. The minimum Gasteiger partial charge on any atom is -0.494 e. The maximum Gasteiger partial charge on any atom is 0.257 e.